The monoisotopic (exact) mass is 243 g/mol. The van der Waals surface area contributed by atoms with Crippen LogP contribution in [0.5, 0.6) is 0 Å². The molecular formula is C10H18OY-2. The van der Waals surface area contributed by atoms with Crippen molar-refractivity contribution >= 4 is 5.78 Å². The fourth-order valence-electron chi connectivity index (χ4n) is 1.02. The van der Waals surface area contributed by atoms with Crippen molar-refractivity contribution in [1.29, 1.82) is 0 Å². The zero-order valence-electron chi connectivity index (χ0n) is 8.39. The summed E-state index contributed by atoms with van der Waals surface area (Å²) in [7, 11) is 0. The van der Waals surface area contributed by atoms with Gasteiger partial charge in [-0.3, -0.25) is 4.79 Å². The summed E-state index contributed by atoms with van der Waals surface area (Å²) in [5.41, 5.74) is -0.236. The van der Waals surface area contributed by atoms with Gasteiger partial charge in [-0.05, 0) is 5.92 Å². The predicted octanol–water partition coefficient (Wildman–Crippen LogP) is 2.66. The van der Waals surface area contributed by atoms with Crippen LogP contribution in [-0.2, 0) is 37.5 Å². The molecule has 0 fully saturated rings. The summed E-state index contributed by atoms with van der Waals surface area (Å²) in [6, 6.07) is 0. The first-order chi connectivity index (χ1) is 4.93. The Bertz CT molecular complexity index is 131. The predicted molar refractivity (Wildman–Crippen MR) is 47.9 cm³/mol. The van der Waals surface area contributed by atoms with Gasteiger partial charge in [-0.25, -0.2) is 0 Å². The fourth-order valence-corrected chi connectivity index (χ4v) is 1.02. The van der Waals surface area contributed by atoms with Crippen LogP contribution in [0.3, 0.4) is 0 Å². The van der Waals surface area contributed by atoms with Crippen LogP contribution in [0.2, 0.25) is 0 Å². The zero-order chi connectivity index (χ0) is 9.07. The van der Waals surface area contributed by atoms with Crippen molar-refractivity contribution < 1.29 is 37.5 Å². The number of carbonyl (C=O) groups is 1. The molecule has 0 heterocycles. The Hall–Kier alpha value is 0.774. The molecule has 1 radical (unpaired) electrons. The van der Waals surface area contributed by atoms with Gasteiger partial charge in [-0.1, -0.05) is 20.8 Å². The maximum atomic E-state index is 11.5. The molecule has 0 aromatic carbocycles. The summed E-state index contributed by atoms with van der Waals surface area (Å²) in [6.07, 6.45) is 1.33. The van der Waals surface area contributed by atoms with E-state index < -0.39 is 0 Å². The standard InChI is InChI=1S/C10H18O.Y/c1-6-8(7-2)9(11)10(3,4)5;/h8H,1-2,6-7H2,3-5H3;/q-2;. The van der Waals surface area contributed by atoms with Crippen molar-refractivity contribution in [3.05, 3.63) is 13.8 Å². The molecule has 0 spiro atoms. The summed E-state index contributed by atoms with van der Waals surface area (Å²) in [6.45, 7) is 13.3. The molecule has 0 aromatic heterocycles. The van der Waals surface area contributed by atoms with Crippen molar-refractivity contribution in [1.82, 2.24) is 0 Å². The maximum absolute atomic E-state index is 11.5. The SMILES string of the molecule is [CH2-]CC(C[CH2-])C(=O)C(C)(C)C.[Y]. The average molecular weight is 243 g/mol. The molecule has 0 aliphatic heterocycles. The summed E-state index contributed by atoms with van der Waals surface area (Å²) in [5, 5.41) is 0. The van der Waals surface area contributed by atoms with Gasteiger partial charge in [0.25, 0.3) is 0 Å². The number of Topliss-reactive ketones (excluding diaryl/α,β-unsaturated/α-hetero) is 1. The van der Waals surface area contributed by atoms with Crippen molar-refractivity contribution in [2.75, 3.05) is 0 Å². The second kappa shape index (κ2) is 6.26. The van der Waals surface area contributed by atoms with Gasteiger partial charge in [0.05, 0.1) is 0 Å². The Morgan fingerprint density at radius 3 is 1.67 bits per heavy atom. The summed E-state index contributed by atoms with van der Waals surface area (Å²) in [5.74, 6) is 0.331. The van der Waals surface area contributed by atoms with E-state index in [2.05, 4.69) is 13.8 Å². The largest absolute Gasteiger partial charge is 0.343 e. The number of ketones is 1. The van der Waals surface area contributed by atoms with Gasteiger partial charge in [0.15, 0.2) is 0 Å². The van der Waals surface area contributed by atoms with E-state index in [-0.39, 0.29) is 49.8 Å². The molecule has 2 heteroatoms. The van der Waals surface area contributed by atoms with Crippen LogP contribution in [0.4, 0.5) is 0 Å². The molecule has 0 bridgehead atoms. The van der Waals surface area contributed by atoms with E-state index >= 15 is 0 Å². The minimum absolute atomic E-state index is 0. The number of rotatable bonds is 3. The smallest absolute Gasteiger partial charge is 0.136 e. The second-order valence-corrected chi connectivity index (χ2v) is 3.89. The minimum Gasteiger partial charge on any atom is -0.343 e. The molecule has 1 nitrogen and oxygen atoms in total. The van der Waals surface area contributed by atoms with E-state index in [1.54, 1.807) is 0 Å². The molecule has 0 aliphatic rings. The molecule has 0 N–H and O–H groups in total. The van der Waals surface area contributed by atoms with Crippen LogP contribution in [-0.4, -0.2) is 5.78 Å². The van der Waals surface area contributed by atoms with E-state index in [1.165, 1.54) is 0 Å². The normalized spacial score (nSPS) is 11.2. The number of hydrogen-bond donors (Lipinski definition) is 0. The van der Waals surface area contributed by atoms with Crippen molar-refractivity contribution in [2.45, 2.75) is 33.6 Å². The van der Waals surface area contributed by atoms with E-state index in [0.717, 1.165) is 0 Å². The topological polar surface area (TPSA) is 17.1 Å². The Morgan fingerprint density at radius 1 is 1.25 bits per heavy atom. The minimum atomic E-state index is -0.236. The van der Waals surface area contributed by atoms with Gasteiger partial charge in [-0.15, -0.1) is 0 Å². The van der Waals surface area contributed by atoms with Crippen LogP contribution in [0, 0.1) is 25.2 Å². The first kappa shape index (κ1) is 15.3. The van der Waals surface area contributed by atoms with Crippen molar-refractivity contribution in [2.24, 2.45) is 11.3 Å². The van der Waals surface area contributed by atoms with Gasteiger partial charge >= 0.3 is 0 Å². The first-order valence-corrected chi connectivity index (χ1v) is 4.06. The molecule has 0 atom stereocenters. The molecule has 12 heavy (non-hydrogen) atoms. The zero-order valence-corrected chi connectivity index (χ0v) is 11.2. The molecule has 0 unspecified atom stereocenters. The quantitative estimate of drug-likeness (QED) is 0.696. The number of carbonyl (C=O) groups excluding carboxylic acids is 1. The maximum Gasteiger partial charge on any atom is 0.136 e. The molecule has 0 aliphatic carbocycles. The van der Waals surface area contributed by atoms with Crippen molar-refractivity contribution in [3.8, 4) is 0 Å². The second-order valence-electron chi connectivity index (χ2n) is 3.89. The number of hydrogen-bond acceptors (Lipinski definition) is 1. The molecule has 0 amide bonds. The van der Waals surface area contributed by atoms with E-state index in [9.17, 15) is 4.79 Å². The van der Waals surface area contributed by atoms with Crippen LogP contribution < -0.4 is 0 Å². The Morgan fingerprint density at radius 2 is 1.58 bits per heavy atom. The molecule has 0 saturated carbocycles. The van der Waals surface area contributed by atoms with Crippen LogP contribution in [0.25, 0.3) is 0 Å². The average Bonchev–Trinajstić information content (AvgIpc) is 1.88. The molecule has 69 valence electrons. The van der Waals surface area contributed by atoms with Crippen LogP contribution in [0.15, 0.2) is 0 Å². The van der Waals surface area contributed by atoms with Gasteiger partial charge in [0.2, 0.25) is 0 Å². The summed E-state index contributed by atoms with van der Waals surface area (Å²) >= 11 is 0. The van der Waals surface area contributed by atoms with Crippen LogP contribution >= 0.6 is 0 Å². The Balaban J connectivity index is 0. The molecule has 0 saturated heterocycles. The first-order valence-electron chi connectivity index (χ1n) is 4.06. The molecule has 0 rings (SSSR count). The molecular weight excluding hydrogens is 225 g/mol. The third-order valence-electron chi connectivity index (χ3n) is 1.81. The van der Waals surface area contributed by atoms with E-state index in [1.807, 2.05) is 20.8 Å². The third kappa shape index (κ3) is 4.72. The Labute approximate surface area is 102 Å². The fraction of sp³-hybridized carbons (Fsp3) is 0.700. The summed E-state index contributed by atoms with van der Waals surface area (Å²) < 4.78 is 0. The van der Waals surface area contributed by atoms with E-state index in [4.69, 9.17) is 0 Å². The van der Waals surface area contributed by atoms with Crippen LogP contribution in [0.1, 0.15) is 33.6 Å². The van der Waals surface area contributed by atoms with E-state index in [0.29, 0.717) is 12.8 Å². The summed E-state index contributed by atoms with van der Waals surface area (Å²) in [4.78, 5) is 11.5. The van der Waals surface area contributed by atoms with Gasteiger partial charge in [0.1, 0.15) is 5.78 Å². The Kier molecular flexibility index (Phi) is 7.96. The van der Waals surface area contributed by atoms with Gasteiger partial charge in [0, 0.05) is 38.1 Å². The van der Waals surface area contributed by atoms with Gasteiger partial charge < -0.3 is 13.8 Å². The van der Waals surface area contributed by atoms with Crippen molar-refractivity contribution in [3.63, 3.8) is 0 Å². The molecule has 0 aromatic rings. The van der Waals surface area contributed by atoms with Gasteiger partial charge in [-0.2, -0.15) is 12.8 Å². The third-order valence-corrected chi connectivity index (χ3v) is 1.81.